The highest BCUT2D eigenvalue weighted by Crippen LogP contribution is 2.39. The van der Waals surface area contributed by atoms with Gasteiger partial charge in [-0.3, -0.25) is 4.79 Å². The van der Waals surface area contributed by atoms with Gasteiger partial charge < -0.3 is 19.5 Å². The van der Waals surface area contributed by atoms with Gasteiger partial charge in [-0.25, -0.2) is 4.79 Å². The fraction of sp³-hybridized carbons (Fsp3) is 0.190. The molecule has 0 unspecified atom stereocenters. The largest absolute Gasteiger partial charge is 0.493 e. The van der Waals surface area contributed by atoms with Crippen LogP contribution in [-0.4, -0.2) is 53.3 Å². The molecule has 0 saturated heterocycles. The quantitative estimate of drug-likeness (QED) is 0.442. The van der Waals surface area contributed by atoms with Crippen LogP contribution in [0.2, 0.25) is 5.02 Å². The van der Waals surface area contributed by atoms with Gasteiger partial charge in [-0.15, -0.1) is 0 Å². The van der Waals surface area contributed by atoms with Gasteiger partial charge in [0.1, 0.15) is 11.7 Å². The Morgan fingerprint density at radius 3 is 2.41 bits per heavy atom. The van der Waals surface area contributed by atoms with Crippen LogP contribution in [0, 0.1) is 0 Å². The number of benzene rings is 2. The van der Waals surface area contributed by atoms with Crippen LogP contribution in [-0.2, 0) is 9.53 Å². The summed E-state index contributed by atoms with van der Waals surface area (Å²) < 4.78 is 17.1. The third-order valence-electron chi connectivity index (χ3n) is 4.98. The molecular weight excluding hydrogens is 438 g/mol. The number of carbonyl (C=O) groups is 2. The lowest BCUT2D eigenvalue weighted by Crippen LogP contribution is -2.33. The minimum Gasteiger partial charge on any atom is -0.493 e. The van der Waals surface area contributed by atoms with E-state index in [0.717, 1.165) is 0 Å². The molecule has 10 nitrogen and oxygen atoms in total. The van der Waals surface area contributed by atoms with Crippen molar-refractivity contribution < 1.29 is 23.8 Å². The molecule has 0 radical (unpaired) electrons. The fourth-order valence-corrected chi connectivity index (χ4v) is 3.60. The number of fused-ring (bicyclic) bond motifs is 1. The van der Waals surface area contributed by atoms with Crippen LogP contribution in [0.25, 0.3) is 0 Å². The molecule has 1 aliphatic rings. The molecule has 2 aromatic carbocycles. The van der Waals surface area contributed by atoms with E-state index in [0.29, 0.717) is 27.6 Å². The highest BCUT2D eigenvalue weighted by Gasteiger charge is 2.38. The smallest absolute Gasteiger partial charge is 0.355 e. The third-order valence-corrected chi connectivity index (χ3v) is 5.23. The second kappa shape index (κ2) is 8.67. The van der Waals surface area contributed by atoms with Gasteiger partial charge in [-0.1, -0.05) is 22.8 Å². The highest BCUT2D eigenvalue weighted by molar-refractivity contribution is 6.30. The number of methoxy groups -OCH3 is 3. The summed E-state index contributed by atoms with van der Waals surface area (Å²) in [5.74, 6) is -0.0312. The van der Waals surface area contributed by atoms with Gasteiger partial charge >= 0.3 is 5.97 Å². The molecule has 1 aliphatic heterocycles. The maximum atomic E-state index is 13.6. The average Bonchev–Trinajstić information content (AvgIpc) is 3.30. The molecule has 4 rings (SSSR count). The van der Waals surface area contributed by atoms with Crippen LogP contribution >= 0.6 is 11.6 Å². The van der Waals surface area contributed by atoms with Gasteiger partial charge in [0.25, 0.3) is 0 Å². The Hall–Kier alpha value is -3.92. The summed E-state index contributed by atoms with van der Waals surface area (Å²) in [6.45, 7) is 0. The van der Waals surface area contributed by atoms with E-state index < -0.39 is 17.8 Å². The lowest BCUT2D eigenvalue weighted by Gasteiger charge is -2.28. The lowest BCUT2D eigenvalue weighted by molar-refractivity contribution is -0.136. The molecule has 11 heteroatoms. The van der Waals surface area contributed by atoms with E-state index in [4.69, 9.17) is 25.8 Å². The Bertz CT molecular complexity index is 1220. The summed E-state index contributed by atoms with van der Waals surface area (Å²) >= 11 is 5.98. The minimum atomic E-state index is -0.849. The number of aromatic nitrogens is 4. The number of esters is 1. The standard InChI is InChI=1S/C21H18ClN5O5/c1-30-14-9-6-12(10-15(14)31-2)18-16(19(28)11-4-7-13(22)8-5-11)17(20(29)32-3)23-21-24-25-26-27(18)21/h4-10,18H,1-3H3,(H,23,24,26)/t18-/m1/s1. The molecule has 1 atom stereocenters. The zero-order valence-corrected chi connectivity index (χ0v) is 18.1. The first kappa shape index (κ1) is 21.3. The predicted octanol–water partition coefficient (Wildman–Crippen LogP) is 2.67. The van der Waals surface area contributed by atoms with E-state index in [-0.39, 0.29) is 17.2 Å². The van der Waals surface area contributed by atoms with E-state index >= 15 is 0 Å². The molecule has 3 aromatic rings. The average molecular weight is 456 g/mol. The van der Waals surface area contributed by atoms with Crippen molar-refractivity contribution in [2.75, 3.05) is 26.6 Å². The molecule has 164 valence electrons. The fourth-order valence-electron chi connectivity index (χ4n) is 3.48. The summed E-state index contributed by atoms with van der Waals surface area (Å²) in [5, 5.41) is 14.9. The number of hydrogen-bond acceptors (Lipinski definition) is 9. The van der Waals surface area contributed by atoms with E-state index in [9.17, 15) is 9.59 Å². The molecule has 0 aliphatic carbocycles. The molecule has 0 amide bonds. The van der Waals surface area contributed by atoms with Gasteiger partial charge in [0.15, 0.2) is 17.3 Å². The van der Waals surface area contributed by atoms with Crippen molar-refractivity contribution in [2.45, 2.75) is 6.04 Å². The number of anilines is 1. The number of tetrazole rings is 1. The van der Waals surface area contributed by atoms with Gasteiger partial charge in [-0.2, -0.15) is 4.68 Å². The van der Waals surface area contributed by atoms with Crippen molar-refractivity contribution in [3.63, 3.8) is 0 Å². The van der Waals surface area contributed by atoms with Crippen LogP contribution < -0.4 is 14.8 Å². The maximum absolute atomic E-state index is 13.6. The molecule has 0 spiro atoms. The second-order valence-electron chi connectivity index (χ2n) is 6.71. The summed E-state index contributed by atoms with van der Waals surface area (Å²) in [6.07, 6.45) is 0. The third kappa shape index (κ3) is 3.65. The zero-order valence-electron chi connectivity index (χ0n) is 17.3. The van der Waals surface area contributed by atoms with E-state index in [1.165, 1.54) is 26.0 Å². The number of carbonyl (C=O) groups excluding carboxylic acids is 2. The number of hydrogen-bond donors (Lipinski definition) is 1. The molecular formula is C21H18ClN5O5. The SMILES string of the molecule is COC(=O)C1=C(C(=O)c2ccc(Cl)cc2)[C@@H](c2ccc(OC)c(OC)c2)n2nnnc2N1. The highest BCUT2D eigenvalue weighted by atomic mass is 35.5. The Balaban J connectivity index is 1.95. The van der Waals surface area contributed by atoms with Crippen molar-refractivity contribution in [2.24, 2.45) is 0 Å². The lowest BCUT2D eigenvalue weighted by atomic mass is 9.89. The normalized spacial score (nSPS) is 14.9. The number of ether oxygens (including phenoxy) is 3. The molecule has 1 aromatic heterocycles. The van der Waals surface area contributed by atoms with Crippen molar-refractivity contribution in [3.8, 4) is 11.5 Å². The van der Waals surface area contributed by atoms with Crippen LogP contribution in [0.4, 0.5) is 5.95 Å². The Labute approximate surface area is 187 Å². The monoisotopic (exact) mass is 455 g/mol. The van der Waals surface area contributed by atoms with Gasteiger partial charge in [0.2, 0.25) is 5.95 Å². The van der Waals surface area contributed by atoms with E-state index in [2.05, 4.69) is 20.8 Å². The first-order valence-corrected chi connectivity index (χ1v) is 9.75. The van der Waals surface area contributed by atoms with Crippen molar-refractivity contribution in [3.05, 3.63) is 69.9 Å². The second-order valence-corrected chi connectivity index (χ2v) is 7.14. The van der Waals surface area contributed by atoms with Gasteiger partial charge in [0.05, 0.1) is 26.9 Å². The van der Waals surface area contributed by atoms with Gasteiger partial charge in [0, 0.05) is 10.6 Å². The first-order chi connectivity index (χ1) is 15.5. The molecule has 0 fully saturated rings. The Morgan fingerprint density at radius 2 is 1.75 bits per heavy atom. The molecule has 2 heterocycles. The Kier molecular flexibility index (Phi) is 5.78. The summed E-state index contributed by atoms with van der Waals surface area (Å²) in [7, 11) is 4.25. The molecule has 0 bridgehead atoms. The van der Waals surface area contributed by atoms with Crippen LogP contribution in [0.15, 0.2) is 53.7 Å². The number of Topliss-reactive ketones (excluding diaryl/α,β-unsaturated/α-hetero) is 1. The zero-order chi connectivity index (χ0) is 22.8. The number of rotatable bonds is 6. The minimum absolute atomic E-state index is 0.0606. The Morgan fingerprint density at radius 1 is 1.03 bits per heavy atom. The van der Waals surface area contributed by atoms with Gasteiger partial charge in [-0.05, 0) is 52.4 Å². The molecule has 1 N–H and O–H groups in total. The van der Waals surface area contributed by atoms with E-state index in [1.807, 2.05) is 0 Å². The number of ketones is 1. The van der Waals surface area contributed by atoms with Crippen molar-refractivity contribution in [1.82, 2.24) is 20.2 Å². The van der Waals surface area contributed by atoms with Crippen molar-refractivity contribution >= 4 is 29.3 Å². The first-order valence-electron chi connectivity index (χ1n) is 9.38. The molecule has 0 saturated carbocycles. The summed E-state index contributed by atoms with van der Waals surface area (Å²) in [5.41, 5.74) is 0.965. The van der Waals surface area contributed by atoms with Crippen LogP contribution in [0.5, 0.6) is 11.5 Å². The summed E-state index contributed by atoms with van der Waals surface area (Å²) in [4.78, 5) is 26.3. The van der Waals surface area contributed by atoms with Crippen LogP contribution in [0.1, 0.15) is 22.0 Å². The van der Waals surface area contributed by atoms with Crippen molar-refractivity contribution in [1.29, 1.82) is 0 Å². The number of allylic oxidation sites excluding steroid dienone is 1. The maximum Gasteiger partial charge on any atom is 0.355 e. The van der Waals surface area contributed by atoms with E-state index in [1.54, 1.807) is 42.5 Å². The predicted molar refractivity (Wildman–Crippen MR) is 114 cm³/mol. The summed E-state index contributed by atoms with van der Waals surface area (Å²) in [6, 6.07) is 10.6. The molecule has 32 heavy (non-hydrogen) atoms. The number of nitrogens with one attached hydrogen (secondary N) is 1. The topological polar surface area (TPSA) is 117 Å². The van der Waals surface area contributed by atoms with Crippen LogP contribution in [0.3, 0.4) is 0 Å². The number of nitrogens with zero attached hydrogens (tertiary/aromatic N) is 4. The number of halogens is 1.